The maximum Gasteiger partial charge on any atom is 0.325 e. The van der Waals surface area contributed by atoms with Crippen molar-refractivity contribution >= 4 is 28.6 Å². The number of rotatable bonds is 5. The number of carbonyl (C=O) groups excluding carboxylic acids is 3. The van der Waals surface area contributed by atoms with Gasteiger partial charge in [-0.3, -0.25) is 14.5 Å². The predicted octanol–water partition coefficient (Wildman–Crippen LogP) is 3.06. The van der Waals surface area contributed by atoms with Gasteiger partial charge in [0.1, 0.15) is 17.8 Å². The molecule has 7 nitrogen and oxygen atoms in total. The van der Waals surface area contributed by atoms with Crippen LogP contribution in [0.25, 0.3) is 10.8 Å². The Labute approximate surface area is 175 Å². The van der Waals surface area contributed by atoms with Crippen LogP contribution >= 0.6 is 0 Å². The van der Waals surface area contributed by atoms with Crippen molar-refractivity contribution in [3.8, 4) is 5.75 Å². The van der Waals surface area contributed by atoms with Crippen LogP contribution in [0, 0.1) is 0 Å². The molecule has 1 atom stereocenters. The van der Waals surface area contributed by atoms with Crippen molar-refractivity contribution < 1.29 is 19.1 Å². The Kier molecular flexibility index (Phi) is 5.37. The number of urea groups is 1. The zero-order chi connectivity index (χ0) is 21.3. The number of hydrogen-bond donors (Lipinski definition) is 2. The van der Waals surface area contributed by atoms with Gasteiger partial charge in [0.15, 0.2) is 0 Å². The Morgan fingerprint density at radius 1 is 1.13 bits per heavy atom. The van der Waals surface area contributed by atoms with E-state index in [0.717, 1.165) is 47.1 Å². The number of nitrogens with one attached hydrogen (secondary N) is 2. The van der Waals surface area contributed by atoms with Crippen molar-refractivity contribution in [2.75, 3.05) is 13.7 Å². The average molecular weight is 409 g/mol. The molecule has 0 spiro atoms. The maximum atomic E-state index is 13.1. The van der Waals surface area contributed by atoms with Gasteiger partial charge in [0.25, 0.3) is 5.91 Å². The fourth-order valence-electron chi connectivity index (χ4n) is 4.36. The van der Waals surface area contributed by atoms with E-state index in [1.165, 1.54) is 6.42 Å². The molecular formula is C23H27N3O4. The Morgan fingerprint density at radius 2 is 1.83 bits per heavy atom. The fraction of sp³-hybridized carbons (Fsp3) is 0.435. The molecule has 0 bridgehead atoms. The molecule has 1 heterocycles. The van der Waals surface area contributed by atoms with Crippen LogP contribution in [0.15, 0.2) is 36.4 Å². The smallest absolute Gasteiger partial charge is 0.325 e. The number of amides is 4. The van der Waals surface area contributed by atoms with E-state index in [2.05, 4.69) is 10.6 Å². The van der Waals surface area contributed by atoms with Gasteiger partial charge in [-0.15, -0.1) is 0 Å². The number of benzene rings is 2. The molecule has 2 N–H and O–H groups in total. The first-order valence-corrected chi connectivity index (χ1v) is 10.4. The van der Waals surface area contributed by atoms with Gasteiger partial charge in [-0.2, -0.15) is 0 Å². The molecule has 1 aliphatic heterocycles. The molecule has 158 valence electrons. The van der Waals surface area contributed by atoms with E-state index in [4.69, 9.17) is 4.74 Å². The second-order valence-corrected chi connectivity index (χ2v) is 8.28. The number of hydrogen-bond acceptors (Lipinski definition) is 4. The molecule has 4 amide bonds. The Bertz CT molecular complexity index is 999. The standard InChI is InChI=1S/C23H27N3O4/c1-23(17-10-8-16-13-19(30-2)11-9-15(16)12-17)21(28)26(22(29)25-23)14-20(27)24-18-6-4-3-5-7-18/h8-13,18H,3-7,14H2,1-2H3,(H,24,27)(H,25,29). The van der Waals surface area contributed by atoms with Crippen molar-refractivity contribution in [3.63, 3.8) is 0 Å². The normalized spacial score (nSPS) is 22.3. The highest BCUT2D eigenvalue weighted by Gasteiger charge is 2.49. The molecule has 7 heteroatoms. The molecule has 30 heavy (non-hydrogen) atoms. The zero-order valence-electron chi connectivity index (χ0n) is 17.4. The molecule has 2 aromatic carbocycles. The number of fused-ring (bicyclic) bond motifs is 1. The van der Waals surface area contributed by atoms with Crippen molar-refractivity contribution in [1.82, 2.24) is 15.5 Å². The number of nitrogens with zero attached hydrogens (tertiary/aromatic N) is 1. The fourth-order valence-corrected chi connectivity index (χ4v) is 4.36. The van der Waals surface area contributed by atoms with Crippen molar-refractivity contribution in [2.45, 2.75) is 50.6 Å². The quantitative estimate of drug-likeness (QED) is 0.743. The molecule has 4 rings (SSSR count). The summed E-state index contributed by atoms with van der Waals surface area (Å²) in [5.74, 6) is 0.0428. The van der Waals surface area contributed by atoms with Crippen LogP contribution in [0.4, 0.5) is 4.79 Å². The lowest BCUT2D eigenvalue weighted by Gasteiger charge is -2.24. The second-order valence-electron chi connectivity index (χ2n) is 8.28. The third-order valence-corrected chi connectivity index (χ3v) is 6.17. The summed E-state index contributed by atoms with van der Waals surface area (Å²) in [6, 6.07) is 10.9. The molecule has 2 aromatic rings. The molecule has 1 aliphatic carbocycles. The summed E-state index contributed by atoms with van der Waals surface area (Å²) in [6.07, 6.45) is 5.28. The van der Waals surface area contributed by atoms with Crippen LogP contribution < -0.4 is 15.4 Å². The van der Waals surface area contributed by atoms with Crippen LogP contribution in [0.3, 0.4) is 0 Å². The van der Waals surface area contributed by atoms with Crippen LogP contribution in [0.2, 0.25) is 0 Å². The van der Waals surface area contributed by atoms with E-state index < -0.39 is 17.5 Å². The third-order valence-electron chi connectivity index (χ3n) is 6.17. The molecule has 0 radical (unpaired) electrons. The topological polar surface area (TPSA) is 87.7 Å². The lowest BCUT2D eigenvalue weighted by Crippen LogP contribution is -2.45. The van der Waals surface area contributed by atoms with Gasteiger partial charge in [-0.05, 0) is 54.3 Å². The highest BCUT2D eigenvalue weighted by molar-refractivity contribution is 6.09. The van der Waals surface area contributed by atoms with Crippen LogP contribution in [-0.4, -0.2) is 42.4 Å². The number of ether oxygens (including phenoxy) is 1. The Balaban J connectivity index is 1.51. The molecule has 0 aromatic heterocycles. The summed E-state index contributed by atoms with van der Waals surface area (Å²) >= 11 is 0. The molecule has 2 fully saturated rings. The SMILES string of the molecule is COc1ccc2cc(C3(C)NC(=O)N(CC(=O)NC4CCCCC4)C3=O)ccc2c1. The summed E-state index contributed by atoms with van der Waals surface area (Å²) in [4.78, 5) is 39.1. The zero-order valence-corrected chi connectivity index (χ0v) is 17.4. The van der Waals surface area contributed by atoms with E-state index in [9.17, 15) is 14.4 Å². The monoisotopic (exact) mass is 409 g/mol. The first-order valence-electron chi connectivity index (χ1n) is 10.4. The van der Waals surface area contributed by atoms with Gasteiger partial charge in [-0.25, -0.2) is 4.79 Å². The van der Waals surface area contributed by atoms with Crippen LogP contribution in [0.5, 0.6) is 5.75 Å². The van der Waals surface area contributed by atoms with Crippen molar-refractivity contribution in [1.29, 1.82) is 0 Å². The highest BCUT2D eigenvalue weighted by Crippen LogP contribution is 2.32. The first-order chi connectivity index (χ1) is 14.4. The van der Waals surface area contributed by atoms with Crippen LogP contribution in [0.1, 0.15) is 44.6 Å². The highest BCUT2D eigenvalue weighted by atomic mass is 16.5. The lowest BCUT2D eigenvalue weighted by atomic mass is 9.90. The summed E-state index contributed by atoms with van der Waals surface area (Å²) in [5, 5.41) is 7.65. The maximum absolute atomic E-state index is 13.1. The lowest BCUT2D eigenvalue weighted by molar-refractivity contribution is -0.135. The molecular weight excluding hydrogens is 382 g/mol. The third kappa shape index (κ3) is 3.72. The van der Waals surface area contributed by atoms with Gasteiger partial charge in [0.05, 0.1) is 7.11 Å². The van der Waals surface area contributed by atoms with E-state index >= 15 is 0 Å². The largest absolute Gasteiger partial charge is 0.497 e. The molecule has 1 saturated carbocycles. The van der Waals surface area contributed by atoms with Crippen molar-refractivity contribution in [2.24, 2.45) is 0 Å². The van der Waals surface area contributed by atoms with Gasteiger partial charge >= 0.3 is 6.03 Å². The molecule has 1 unspecified atom stereocenters. The van der Waals surface area contributed by atoms with E-state index in [0.29, 0.717) is 5.56 Å². The van der Waals surface area contributed by atoms with Gasteiger partial charge in [0, 0.05) is 6.04 Å². The first kappa shape index (κ1) is 20.2. The Hall–Kier alpha value is -3.09. The summed E-state index contributed by atoms with van der Waals surface area (Å²) in [5.41, 5.74) is -0.537. The number of imide groups is 1. The molecule has 2 aliphatic rings. The average Bonchev–Trinajstić information content (AvgIpc) is 2.97. The summed E-state index contributed by atoms with van der Waals surface area (Å²) < 4.78 is 5.25. The summed E-state index contributed by atoms with van der Waals surface area (Å²) in [7, 11) is 1.61. The van der Waals surface area contributed by atoms with E-state index in [1.807, 2.05) is 36.4 Å². The van der Waals surface area contributed by atoms with Crippen molar-refractivity contribution in [3.05, 3.63) is 42.0 Å². The number of methoxy groups -OCH3 is 1. The van der Waals surface area contributed by atoms with Gasteiger partial charge in [-0.1, -0.05) is 37.5 Å². The Morgan fingerprint density at radius 3 is 2.57 bits per heavy atom. The summed E-state index contributed by atoms with van der Waals surface area (Å²) in [6.45, 7) is 1.42. The minimum absolute atomic E-state index is 0.135. The van der Waals surface area contributed by atoms with E-state index in [-0.39, 0.29) is 18.5 Å². The number of carbonyl (C=O) groups is 3. The van der Waals surface area contributed by atoms with Crippen LogP contribution in [-0.2, 0) is 15.1 Å². The predicted molar refractivity (Wildman–Crippen MR) is 113 cm³/mol. The minimum atomic E-state index is -1.21. The minimum Gasteiger partial charge on any atom is -0.497 e. The van der Waals surface area contributed by atoms with Gasteiger partial charge < -0.3 is 15.4 Å². The molecule has 1 saturated heterocycles. The van der Waals surface area contributed by atoms with E-state index in [1.54, 1.807) is 14.0 Å². The second kappa shape index (κ2) is 7.97. The van der Waals surface area contributed by atoms with Gasteiger partial charge in [0.2, 0.25) is 5.91 Å².